The summed E-state index contributed by atoms with van der Waals surface area (Å²) in [7, 11) is 0. The molecular weight excluding hydrogens is 238 g/mol. The van der Waals surface area contributed by atoms with Gasteiger partial charge in [-0.05, 0) is 18.3 Å². The maximum Gasteiger partial charge on any atom is 0.327 e. The van der Waals surface area contributed by atoms with Crippen molar-refractivity contribution in [1.29, 1.82) is 0 Å². The molecule has 0 radical (unpaired) electrons. The molecular formula is C12H19NO3S. The second-order valence-corrected chi connectivity index (χ2v) is 6.60. The van der Waals surface area contributed by atoms with Crippen LogP contribution < -0.4 is 0 Å². The average Bonchev–Trinajstić information content (AvgIpc) is 2.82. The highest BCUT2D eigenvalue weighted by molar-refractivity contribution is 7.99. The van der Waals surface area contributed by atoms with Crippen LogP contribution in [-0.2, 0) is 9.59 Å². The predicted octanol–water partition coefficient (Wildman–Crippen LogP) is 1.80. The Labute approximate surface area is 106 Å². The number of hydrogen-bond acceptors (Lipinski definition) is 3. The van der Waals surface area contributed by atoms with Gasteiger partial charge in [0.2, 0.25) is 5.91 Å². The zero-order valence-electron chi connectivity index (χ0n) is 10.3. The lowest BCUT2D eigenvalue weighted by molar-refractivity contribution is -0.150. The normalized spacial score (nSPS) is 31.8. The van der Waals surface area contributed by atoms with E-state index in [-0.39, 0.29) is 17.2 Å². The van der Waals surface area contributed by atoms with E-state index in [2.05, 4.69) is 13.8 Å². The standard InChI is InChI=1S/C12H19NO3S/c1-12(2)5-3-4-8(12)10(14)13-7-17-6-9(13)11(15)16/h8-9H,3-7H2,1-2H3,(H,15,16)/t8?,9-/m0/s1. The largest absolute Gasteiger partial charge is 0.480 e. The van der Waals surface area contributed by atoms with E-state index in [1.54, 1.807) is 4.90 Å². The monoisotopic (exact) mass is 257 g/mol. The molecule has 1 N–H and O–H groups in total. The van der Waals surface area contributed by atoms with Gasteiger partial charge in [-0.1, -0.05) is 20.3 Å². The second kappa shape index (κ2) is 4.52. The van der Waals surface area contributed by atoms with Gasteiger partial charge >= 0.3 is 5.97 Å². The van der Waals surface area contributed by atoms with E-state index in [1.807, 2.05) is 0 Å². The van der Waals surface area contributed by atoms with Crippen LogP contribution in [0.3, 0.4) is 0 Å². The van der Waals surface area contributed by atoms with Crippen LogP contribution >= 0.6 is 11.8 Å². The summed E-state index contributed by atoms with van der Waals surface area (Å²) in [6.45, 7) is 4.23. The van der Waals surface area contributed by atoms with Crippen molar-refractivity contribution in [3.63, 3.8) is 0 Å². The molecule has 2 rings (SSSR count). The third kappa shape index (κ3) is 2.30. The van der Waals surface area contributed by atoms with Crippen LogP contribution in [0.15, 0.2) is 0 Å². The lowest BCUT2D eigenvalue weighted by Crippen LogP contribution is -2.46. The Balaban J connectivity index is 2.12. The van der Waals surface area contributed by atoms with Crippen molar-refractivity contribution in [1.82, 2.24) is 4.90 Å². The minimum absolute atomic E-state index is 0.00282. The summed E-state index contributed by atoms with van der Waals surface area (Å²) >= 11 is 1.53. The van der Waals surface area contributed by atoms with Crippen LogP contribution in [0.5, 0.6) is 0 Å². The van der Waals surface area contributed by atoms with Crippen molar-refractivity contribution in [3.05, 3.63) is 0 Å². The Morgan fingerprint density at radius 3 is 2.65 bits per heavy atom. The molecule has 0 bridgehead atoms. The molecule has 1 unspecified atom stereocenters. The number of hydrogen-bond donors (Lipinski definition) is 1. The lowest BCUT2D eigenvalue weighted by atomic mass is 9.81. The summed E-state index contributed by atoms with van der Waals surface area (Å²) in [4.78, 5) is 25.1. The van der Waals surface area contributed by atoms with Gasteiger partial charge in [0.1, 0.15) is 6.04 Å². The van der Waals surface area contributed by atoms with Gasteiger partial charge in [-0.15, -0.1) is 11.8 Å². The molecule has 0 spiro atoms. The van der Waals surface area contributed by atoms with Gasteiger partial charge < -0.3 is 10.0 Å². The van der Waals surface area contributed by atoms with Gasteiger partial charge in [-0.3, -0.25) is 4.79 Å². The third-order valence-corrected chi connectivity index (χ3v) is 5.02. The highest BCUT2D eigenvalue weighted by Gasteiger charge is 2.45. The van der Waals surface area contributed by atoms with Crippen molar-refractivity contribution >= 4 is 23.6 Å². The molecule has 5 heteroatoms. The fraction of sp³-hybridized carbons (Fsp3) is 0.833. The number of thioether (sulfide) groups is 1. The van der Waals surface area contributed by atoms with Crippen LogP contribution in [0.25, 0.3) is 0 Å². The van der Waals surface area contributed by atoms with Crippen LogP contribution in [0.1, 0.15) is 33.1 Å². The first kappa shape index (κ1) is 12.7. The molecule has 2 aliphatic rings. The van der Waals surface area contributed by atoms with E-state index >= 15 is 0 Å². The van der Waals surface area contributed by atoms with E-state index in [4.69, 9.17) is 5.11 Å². The van der Waals surface area contributed by atoms with E-state index in [1.165, 1.54) is 11.8 Å². The Hall–Kier alpha value is -0.710. The number of carboxylic acids is 1. The molecule has 0 aromatic carbocycles. The summed E-state index contributed by atoms with van der Waals surface area (Å²) in [5, 5.41) is 9.10. The van der Waals surface area contributed by atoms with Gasteiger partial charge in [0.05, 0.1) is 5.88 Å². The van der Waals surface area contributed by atoms with Crippen molar-refractivity contribution < 1.29 is 14.7 Å². The zero-order valence-corrected chi connectivity index (χ0v) is 11.1. The molecule has 4 nitrogen and oxygen atoms in total. The Kier molecular flexibility index (Phi) is 3.39. The van der Waals surface area contributed by atoms with E-state index in [0.717, 1.165) is 19.3 Å². The molecule has 1 aliphatic heterocycles. The van der Waals surface area contributed by atoms with Crippen molar-refractivity contribution in [3.8, 4) is 0 Å². The summed E-state index contributed by atoms with van der Waals surface area (Å²) < 4.78 is 0. The summed E-state index contributed by atoms with van der Waals surface area (Å²) in [5.41, 5.74) is 0.0212. The molecule has 17 heavy (non-hydrogen) atoms. The first-order chi connectivity index (χ1) is 7.93. The average molecular weight is 257 g/mol. The van der Waals surface area contributed by atoms with Gasteiger partial charge in [-0.25, -0.2) is 4.79 Å². The highest BCUT2D eigenvalue weighted by atomic mass is 32.2. The minimum Gasteiger partial charge on any atom is -0.480 e. The van der Waals surface area contributed by atoms with Crippen molar-refractivity contribution in [2.24, 2.45) is 11.3 Å². The van der Waals surface area contributed by atoms with Crippen LogP contribution in [0, 0.1) is 11.3 Å². The Morgan fingerprint density at radius 2 is 2.12 bits per heavy atom. The van der Waals surface area contributed by atoms with Crippen molar-refractivity contribution in [2.45, 2.75) is 39.2 Å². The number of nitrogens with zero attached hydrogens (tertiary/aromatic N) is 1. The predicted molar refractivity (Wildman–Crippen MR) is 66.7 cm³/mol. The number of rotatable bonds is 2. The topological polar surface area (TPSA) is 57.6 Å². The van der Waals surface area contributed by atoms with Crippen LogP contribution in [-0.4, -0.2) is 39.6 Å². The number of carbonyl (C=O) groups is 2. The molecule has 96 valence electrons. The fourth-order valence-electron chi connectivity index (χ4n) is 2.85. The van der Waals surface area contributed by atoms with Crippen LogP contribution in [0.4, 0.5) is 0 Å². The first-order valence-electron chi connectivity index (χ1n) is 6.04. The van der Waals surface area contributed by atoms with E-state index < -0.39 is 12.0 Å². The SMILES string of the molecule is CC1(C)CCCC1C(=O)N1CSC[C@H]1C(=O)O. The molecule has 0 aromatic rings. The van der Waals surface area contributed by atoms with Crippen LogP contribution in [0.2, 0.25) is 0 Å². The fourth-order valence-corrected chi connectivity index (χ4v) is 4.00. The molecule has 2 atom stereocenters. The maximum atomic E-state index is 12.4. The quantitative estimate of drug-likeness (QED) is 0.819. The maximum absolute atomic E-state index is 12.4. The van der Waals surface area contributed by atoms with E-state index in [9.17, 15) is 9.59 Å². The number of aliphatic carboxylic acids is 1. The lowest BCUT2D eigenvalue weighted by Gasteiger charge is -2.31. The zero-order chi connectivity index (χ0) is 12.6. The Bertz CT molecular complexity index is 343. The van der Waals surface area contributed by atoms with Gasteiger partial charge in [0, 0.05) is 11.7 Å². The number of carboxylic acid groups (broad SMARTS) is 1. The number of carbonyl (C=O) groups excluding carboxylic acids is 1. The summed E-state index contributed by atoms with van der Waals surface area (Å²) in [5.74, 6) is 0.225. The summed E-state index contributed by atoms with van der Waals surface area (Å²) in [6, 6.07) is -0.621. The molecule has 1 aliphatic carbocycles. The molecule has 1 saturated carbocycles. The van der Waals surface area contributed by atoms with Gasteiger partial charge in [0.25, 0.3) is 0 Å². The highest BCUT2D eigenvalue weighted by Crippen LogP contribution is 2.44. The molecule has 1 saturated heterocycles. The minimum atomic E-state index is -0.876. The smallest absolute Gasteiger partial charge is 0.327 e. The summed E-state index contributed by atoms with van der Waals surface area (Å²) in [6.07, 6.45) is 3.03. The first-order valence-corrected chi connectivity index (χ1v) is 7.20. The molecule has 1 amide bonds. The second-order valence-electron chi connectivity index (χ2n) is 5.60. The van der Waals surface area contributed by atoms with E-state index in [0.29, 0.717) is 11.6 Å². The third-order valence-electron chi connectivity index (χ3n) is 4.01. The molecule has 1 heterocycles. The molecule has 2 fully saturated rings. The molecule has 0 aromatic heterocycles. The number of amides is 1. The van der Waals surface area contributed by atoms with Gasteiger partial charge in [-0.2, -0.15) is 0 Å². The van der Waals surface area contributed by atoms with Crippen molar-refractivity contribution in [2.75, 3.05) is 11.6 Å². The Morgan fingerprint density at radius 1 is 1.41 bits per heavy atom. The van der Waals surface area contributed by atoms with Gasteiger partial charge in [0.15, 0.2) is 0 Å².